The molecule has 0 fully saturated rings. The van der Waals surface area contributed by atoms with Crippen molar-refractivity contribution in [1.29, 1.82) is 0 Å². The zero-order valence-corrected chi connectivity index (χ0v) is 13.2. The second-order valence-corrected chi connectivity index (χ2v) is 5.75. The first-order chi connectivity index (χ1) is 11.3. The molecular weight excluding hydrogens is 292 g/mol. The predicted molar refractivity (Wildman–Crippen MR) is 87.3 cm³/mol. The summed E-state index contributed by atoms with van der Waals surface area (Å²) in [7, 11) is 0. The van der Waals surface area contributed by atoms with Crippen LogP contribution in [0.4, 0.5) is 0 Å². The molecule has 0 amide bonds. The largest absolute Gasteiger partial charge is 0.299 e. The fraction of sp³-hybridized carbons (Fsp3) is 0.412. The number of nitrogens with one attached hydrogen (secondary N) is 1. The maximum Gasteiger partial charge on any atom is 0.271 e. The van der Waals surface area contributed by atoms with Gasteiger partial charge >= 0.3 is 0 Å². The minimum atomic E-state index is -0.253. The summed E-state index contributed by atoms with van der Waals surface area (Å²) in [6.45, 7) is 2.22. The van der Waals surface area contributed by atoms with E-state index in [4.69, 9.17) is 0 Å². The minimum Gasteiger partial charge on any atom is -0.299 e. The summed E-state index contributed by atoms with van der Waals surface area (Å²) in [5.41, 5.74) is 3.16. The summed E-state index contributed by atoms with van der Waals surface area (Å²) >= 11 is 0. The number of nitrogens with zero attached hydrogens (tertiary/aromatic N) is 3. The number of hydrogen-bond donors (Lipinski definition) is 1. The van der Waals surface area contributed by atoms with Crippen molar-refractivity contribution in [3.8, 4) is 0 Å². The van der Waals surface area contributed by atoms with E-state index in [0.717, 1.165) is 12.0 Å². The summed E-state index contributed by atoms with van der Waals surface area (Å²) in [4.78, 5) is 18.8. The van der Waals surface area contributed by atoms with Gasteiger partial charge in [-0.15, -0.1) is 0 Å². The lowest BCUT2D eigenvalue weighted by Crippen LogP contribution is -2.15. The molecule has 0 radical (unpaired) electrons. The van der Waals surface area contributed by atoms with E-state index in [2.05, 4.69) is 56.1 Å². The van der Waals surface area contributed by atoms with Crippen LogP contribution in [0, 0.1) is 0 Å². The van der Waals surface area contributed by atoms with Gasteiger partial charge in [-0.25, -0.2) is 9.61 Å². The van der Waals surface area contributed by atoms with Crippen LogP contribution in [0.1, 0.15) is 49.4 Å². The Kier molecular flexibility index (Phi) is 4.80. The van der Waals surface area contributed by atoms with Gasteiger partial charge in [-0.05, 0) is 34.3 Å². The smallest absolute Gasteiger partial charge is 0.271 e. The fourth-order valence-electron chi connectivity index (χ4n) is 2.59. The highest BCUT2D eigenvalue weighted by Gasteiger charge is 2.09. The van der Waals surface area contributed by atoms with Gasteiger partial charge < -0.3 is 0 Å². The molecule has 0 bridgehead atoms. The predicted octanol–water partition coefficient (Wildman–Crippen LogP) is 3.02. The first kappa shape index (κ1) is 15.4. The molecule has 1 N–H and O–H groups in total. The lowest BCUT2D eigenvalue weighted by atomic mass is 10.0. The molecular formula is C17H20N4O2. The van der Waals surface area contributed by atoms with E-state index in [1.54, 1.807) is 0 Å². The van der Waals surface area contributed by atoms with E-state index in [0.29, 0.717) is 17.8 Å². The molecule has 0 aliphatic carbocycles. The lowest BCUT2D eigenvalue weighted by Gasteiger charge is -2.04. The Morgan fingerprint density at radius 3 is 2.61 bits per heavy atom. The molecule has 120 valence electrons. The number of benzene rings is 1. The van der Waals surface area contributed by atoms with E-state index < -0.39 is 0 Å². The number of fused-ring (bicyclic) bond motifs is 1. The van der Waals surface area contributed by atoms with Gasteiger partial charge in [0.25, 0.3) is 5.56 Å². The van der Waals surface area contributed by atoms with Gasteiger partial charge in [0.1, 0.15) is 5.69 Å². The van der Waals surface area contributed by atoms with Crippen LogP contribution < -0.4 is 5.56 Å². The Bertz CT molecular complexity index is 820. The van der Waals surface area contributed by atoms with E-state index in [-0.39, 0.29) is 11.2 Å². The highest BCUT2D eigenvalue weighted by Crippen LogP contribution is 2.12. The number of rotatable bonds is 7. The number of aromatic nitrogens is 4. The Labute approximate surface area is 133 Å². The third-order valence-electron chi connectivity index (χ3n) is 3.92. The Hall–Kier alpha value is -2.50. The van der Waals surface area contributed by atoms with Crippen molar-refractivity contribution in [1.82, 2.24) is 20.3 Å². The van der Waals surface area contributed by atoms with E-state index in [1.165, 1.54) is 31.2 Å². The van der Waals surface area contributed by atoms with Crippen molar-refractivity contribution in [2.45, 2.75) is 45.4 Å². The molecule has 0 spiro atoms. The van der Waals surface area contributed by atoms with Crippen LogP contribution in [0.5, 0.6) is 0 Å². The number of H-pyrrole nitrogens is 1. The maximum absolute atomic E-state index is 12.0. The van der Waals surface area contributed by atoms with Crippen LogP contribution in [-0.4, -0.2) is 20.3 Å². The highest BCUT2D eigenvalue weighted by atomic mass is 16.6. The molecule has 2 heterocycles. The lowest BCUT2D eigenvalue weighted by molar-refractivity contribution is 0.314. The van der Waals surface area contributed by atoms with Crippen LogP contribution in [0.25, 0.3) is 11.3 Å². The van der Waals surface area contributed by atoms with Gasteiger partial charge in [0.15, 0.2) is 0 Å². The summed E-state index contributed by atoms with van der Waals surface area (Å²) in [5.74, 6) is 0. The first-order valence-electron chi connectivity index (χ1n) is 8.05. The van der Waals surface area contributed by atoms with E-state index in [9.17, 15) is 4.79 Å². The van der Waals surface area contributed by atoms with Crippen LogP contribution in [0.2, 0.25) is 0 Å². The monoisotopic (exact) mass is 312 g/mol. The average molecular weight is 312 g/mol. The normalized spacial score (nSPS) is 11.2. The third-order valence-corrected chi connectivity index (χ3v) is 3.92. The van der Waals surface area contributed by atoms with Gasteiger partial charge in [-0.3, -0.25) is 9.78 Å². The van der Waals surface area contributed by atoms with Crippen molar-refractivity contribution < 1.29 is 4.63 Å². The molecule has 1 aromatic carbocycles. The van der Waals surface area contributed by atoms with Crippen LogP contribution in [0.15, 0.2) is 33.7 Å². The molecule has 6 heteroatoms. The Balaban J connectivity index is 1.67. The summed E-state index contributed by atoms with van der Waals surface area (Å²) < 4.78 is 4.56. The van der Waals surface area contributed by atoms with Gasteiger partial charge in [0.05, 0.1) is 0 Å². The molecule has 0 atom stereocenters. The van der Waals surface area contributed by atoms with Gasteiger partial charge in [0, 0.05) is 6.42 Å². The highest BCUT2D eigenvalue weighted by molar-refractivity contribution is 5.62. The average Bonchev–Trinajstić information content (AvgIpc) is 3.00. The first-order valence-corrected chi connectivity index (χ1v) is 8.05. The fourth-order valence-corrected chi connectivity index (χ4v) is 2.59. The summed E-state index contributed by atoms with van der Waals surface area (Å²) in [6.07, 6.45) is 6.63. The van der Waals surface area contributed by atoms with Crippen molar-refractivity contribution in [3.05, 3.63) is 51.4 Å². The van der Waals surface area contributed by atoms with E-state index in [1.807, 2.05) is 0 Å². The minimum absolute atomic E-state index is 0.253. The SMILES string of the molecule is CCCCCCc1ccc(Cc2nc3nonc3[nH]c2=O)cc1. The second-order valence-electron chi connectivity index (χ2n) is 5.75. The van der Waals surface area contributed by atoms with Crippen molar-refractivity contribution in [2.75, 3.05) is 0 Å². The van der Waals surface area contributed by atoms with Gasteiger partial charge in [-0.1, -0.05) is 50.5 Å². The Morgan fingerprint density at radius 2 is 1.83 bits per heavy atom. The topological polar surface area (TPSA) is 84.7 Å². The van der Waals surface area contributed by atoms with Crippen LogP contribution in [0.3, 0.4) is 0 Å². The summed E-state index contributed by atoms with van der Waals surface area (Å²) in [6, 6.07) is 8.38. The molecule has 0 unspecified atom stereocenters. The van der Waals surface area contributed by atoms with Gasteiger partial charge in [0.2, 0.25) is 11.3 Å². The second kappa shape index (κ2) is 7.17. The zero-order chi connectivity index (χ0) is 16.1. The number of hydrogen-bond acceptors (Lipinski definition) is 5. The molecule has 2 aromatic heterocycles. The van der Waals surface area contributed by atoms with Crippen LogP contribution in [-0.2, 0) is 12.8 Å². The number of aryl methyl sites for hydroxylation is 1. The molecule has 6 nitrogen and oxygen atoms in total. The Morgan fingerprint density at radius 1 is 1.04 bits per heavy atom. The maximum atomic E-state index is 12.0. The van der Waals surface area contributed by atoms with Crippen molar-refractivity contribution in [2.24, 2.45) is 0 Å². The molecule has 3 aromatic rings. The molecule has 23 heavy (non-hydrogen) atoms. The molecule has 0 saturated carbocycles. The van der Waals surface area contributed by atoms with E-state index >= 15 is 0 Å². The molecule has 3 rings (SSSR count). The molecule has 0 aliphatic heterocycles. The van der Waals surface area contributed by atoms with Crippen LogP contribution >= 0.6 is 0 Å². The number of aromatic amines is 1. The number of unbranched alkanes of at least 4 members (excludes halogenated alkanes) is 3. The standard InChI is InChI=1S/C17H20N4O2/c1-2-3-4-5-6-12-7-9-13(10-8-12)11-14-17(22)19-16-15(18-14)20-23-21-16/h7-10H,2-6,11H2,1H3,(H,19,21,22). The zero-order valence-electron chi connectivity index (χ0n) is 13.2. The van der Waals surface area contributed by atoms with Crippen molar-refractivity contribution in [3.63, 3.8) is 0 Å². The molecule has 0 aliphatic rings. The van der Waals surface area contributed by atoms with Crippen molar-refractivity contribution >= 4 is 11.3 Å². The molecule has 0 saturated heterocycles. The summed E-state index contributed by atoms with van der Waals surface area (Å²) in [5, 5.41) is 7.23. The third kappa shape index (κ3) is 3.83. The quantitative estimate of drug-likeness (QED) is 0.678. The van der Waals surface area contributed by atoms with Gasteiger partial charge in [-0.2, -0.15) is 0 Å².